The molecule has 3 rings (SSSR count). The first kappa shape index (κ1) is 17.7. The van der Waals surface area contributed by atoms with Crippen LogP contribution < -0.4 is 15.5 Å². The summed E-state index contributed by atoms with van der Waals surface area (Å²) in [7, 11) is 1.64. The van der Waals surface area contributed by atoms with E-state index in [1.807, 2.05) is 25.1 Å². The number of amides is 1. The lowest BCUT2D eigenvalue weighted by Gasteiger charge is -2.11. The van der Waals surface area contributed by atoms with Gasteiger partial charge in [-0.05, 0) is 37.1 Å². The monoisotopic (exact) mass is 351 g/mol. The van der Waals surface area contributed by atoms with E-state index < -0.39 is 0 Å². The van der Waals surface area contributed by atoms with Crippen molar-refractivity contribution >= 4 is 16.8 Å². The Bertz CT molecular complexity index is 995. The number of hydrogen-bond acceptors (Lipinski definition) is 4. The van der Waals surface area contributed by atoms with Crippen LogP contribution in [0.15, 0.2) is 53.5 Å². The second-order valence-electron chi connectivity index (χ2n) is 6.10. The average molecular weight is 351 g/mol. The van der Waals surface area contributed by atoms with Gasteiger partial charge in [-0.1, -0.05) is 29.8 Å². The third-order valence-electron chi connectivity index (χ3n) is 4.21. The molecule has 0 unspecified atom stereocenters. The molecular weight excluding hydrogens is 330 g/mol. The largest absolute Gasteiger partial charge is 0.496 e. The minimum Gasteiger partial charge on any atom is -0.496 e. The molecule has 0 bridgehead atoms. The Balaban J connectivity index is 1.65. The zero-order valence-electron chi connectivity index (χ0n) is 14.9. The number of methoxy groups -OCH3 is 1. The van der Waals surface area contributed by atoms with Gasteiger partial charge in [-0.2, -0.15) is 5.10 Å². The molecule has 134 valence electrons. The normalized spacial score (nSPS) is 10.7. The predicted molar refractivity (Wildman–Crippen MR) is 100 cm³/mol. The van der Waals surface area contributed by atoms with Crippen molar-refractivity contribution in [3.63, 3.8) is 0 Å². The molecule has 0 aliphatic rings. The fourth-order valence-corrected chi connectivity index (χ4v) is 2.92. The maximum Gasteiger partial charge on any atom is 0.241 e. The summed E-state index contributed by atoms with van der Waals surface area (Å²) in [4.78, 5) is 24.1. The van der Waals surface area contributed by atoms with Gasteiger partial charge in [0.1, 0.15) is 12.3 Å². The Morgan fingerprint density at radius 3 is 2.85 bits per heavy atom. The van der Waals surface area contributed by atoms with E-state index in [0.29, 0.717) is 23.9 Å². The zero-order valence-corrected chi connectivity index (χ0v) is 14.9. The van der Waals surface area contributed by atoms with Gasteiger partial charge in [-0.15, -0.1) is 0 Å². The molecule has 6 nitrogen and oxygen atoms in total. The molecule has 0 aliphatic heterocycles. The molecule has 1 aromatic heterocycles. The summed E-state index contributed by atoms with van der Waals surface area (Å²) in [5.74, 6) is 0.663. The molecule has 3 aromatic rings. The first-order valence-corrected chi connectivity index (χ1v) is 8.43. The molecule has 0 atom stereocenters. The van der Waals surface area contributed by atoms with Gasteiger partial charge in [0.05, 0.1) is 18.8 Å². The fourth-order valence-electron chi connectivity index (χ4n) is 2.92. The van der Waals surface area contributed by atoms with Gasteiger partial charge in [0.15, 0.2) is 0 Å². The highest BCUT2D eigenvalue weighted by atomic mass is 16.5. The Kier molecular flexibility index (Phi) is 5.31. The van der Waals surface area contributed by atoms with Crippen molar-refractivity contribution in [2.45, 2.75) is 19.9 Å². The van der Waals surface area contributed by atoms with Crippen LogP contribution >= 0.6 is 0 Å². The first-order chi connectivity index (χ1) is 12.6. The Hall–Kier alpha value is -3.15. The van der Waals surface area contributed by atoms with Crippen molar-refractivity contribution in [3.05, 3.63) is 70.0 Å². The Labute approximate surface area is 151 Å². The molecule has 0 spiro atoms. The summed E-state index contributed by atoms with van der Waals surface area (Å²) in [6, 6.07) is 13.1. The van der Waals surface area contributed by atoms with Crippen LogP contribution in [0.1, 0.15) is 11.1 Å². The molecule has 0 saturated carbocycles. The van der Waals surface area contributed by atoms with Crippen LogP contribution in [0.3, 0.4) is 0 Å². The van der Waals surface area contributed by atoms with Crippen molar-refractivity contribution in [1.82, 2.24) is 15.1 Å². The van der Waals surface area contributed by atoms with Gasteiger partial charge in [-0.25, -0.2) is 0 Å². The van der Waals surface area contributed by atoms with E-state index in [-0.39, 0.29) is 17.9 Å². The molecule has 2 aromatic carbocycles. The lowest BCUT2D eigenvalue weighted by molar-refractivity contribution is -0.121. The number of fused-ring (bicyclic) bond motifs is 1. The highest BCUT2D eigenvalue weighted by molar-refractivity contribution is 5.81. The number of ether oxygens (including phenoxy) is 1. The molecule has 0 fully saturated rings. The van der Waals surface area contributed by atoms with Crippen molar-refractivity contribution in [3.8, 4) is 5.75 Å². The molecule has 26 heavy (non-hydrogen) atoms. The molecule has 0 saturated heterocycles. The van der Waals surface area contributed by atoms with Crippen LogP contribution in [-0.4, -0.2) is 29.3 Å². The number of nitrogens with zero attached hydrogens (tertiary/aromatic N) is 2. The maximum absolute atomic E-state index is 12.3. The second kappa shape index (κ2) is 7.82. The number of aromatic nitrogens is 2. The third kappa shape index (κ3) is 3.91. The summed E-state index contributed by atoms with van der Waals surface area (Å²) in [6.07, 6.45) is 1.92. The molecule has 1 N–H and O–H groups in total. The molecular formula is C20H21N3O3. The van der Waals surface area contributed by atoms with Gasteiger partial charge in [0, 0.05) is 11.9 Å². The molecule has 6 heteroatoms. The van der Waals surface area contributed by atoms with Crippen LogP contribution in [-0.2, 0) is 17.8 Å². The lowest BCUT2D eigenvalue weighted by atomic mass is 10.1. The van der Waals surface area contributed by atoms with Crippen LogP contribution in [0.2, 0.25) is 0 Å². The number of hydrogen-bond donors (Lipinski definition) is 1. The number of rotatable bonds is 6. The molecule has 1 amide bonds. The van der Waals surface area contributed by atoms with Gasteiger partial charge >= 0.3 is 0 Å². The first-order valence-electron chi connectivity index (χ1n) is 8.43. The maximum atomic E-state index is 12.3. The number of nitrogens with one attached hydrogen (secondary N) is 1. The number of carbonyl (C=O) groups is 1. The summed E-state index contributed by atoms with van der Waals surface area (Å²) < 4.78 is 6.90. The topological polar surface area (TPSA) is 73.2 Å². The van der Waals surface area contributed by atoms with Crippen LogP contribution in [0.4, 0.5) is 0 Å². The quantitative estimate of drug-likeness (QED) is 0.738. The third-order valence-corrected chi connectivity index (χ3v) is 4.21. The van der Waals surface area contributed by atoms with Gasteiger partial charge in [-0.3, -0.25) is 14.3 Å². The summed E-state index contributed by atoms with van der Waals surface area (Å²) >= 11 is 0. The highest BCUT2D eigenvalue weighted by Gasteiger charge is 2.09. The number of para-hydroxylation sites is 1. The Morgan fingerprint density at radius 1 is 1.23 bits per heavy atom. The van der Waals surface area contributed by atoms with E-state index in [4.69, 9.17) is 4.74 Å². The number of benzene rings is 2. The van der Waals surface area contributed by atoms with E-state index in [0.717, 1.165) is 16.9 Å². The van der Waals surface area contributed by atoms with Crippen molar-refractivity contribution < 1.29 is 9.53 Å². The SMILES string of the molecule is COc1ccc(C)cc1CCNC(=O)Cn1ncc(=O)c2ccccc21. The second-order valence-corrected chi connectivity index (χ2v) is 6.10. The van der Waals surface area contributed by atoms with Crippen molar-refractivity contribution in [2.24, 2.45) is 0 Å². The molecule has 0 radical (unpaired) electrons. The van der Waals surface area contributed by atoms with Crippen LogP contribution in [0.5, 0.6) is 5.75 Å². The van der Waals surface area contributed by atoms with E-state index in [2.05, 4.69) is 16.5 Å². The summed E-state index contributed by atoms with van der Waals surface area (Å²) in [6.45, 7) is 2.58. The van der Waals surface area contributed by atoms with Gasteiger partial charge in [0.25, 0.3) is 0 Å². The average Bonchev–Trinajstić information content (AvgIpc) is 2.64. The Morgan fingerprint density at radius 2 is 2.04 bits per heavy atom. The van der Waals surface area contributed by atoms with E-state index in [1.54, 1.807) is 30.0 Å². The smallest absolute Gasteiger partial charge is 0.241 e. The zero-order chi connectivity index (χ0) is 18.5. The van der Waals surface area contributed by atoms with Crippen LogP contribution in [0.25, 0.3) is 10.9 Å². The standard InChI is InChI=1S/C20H21N3O3/c1-14-7-8-19(26-2)15(11-14)9-10-21-20(25)13-23-17-6-4-3-5-16(17)18(24)12-22-23/h3-8,11-12H,9-10,13H2,1-2H3,(H,21,25). The van der Waals surface area contributed by atoms with Gasteiger partial charge in [0.2, 0.25) is 11.3 Å². The van der Waals surface area contributed by atoms with E-state index in [9.17, 15) is 9.59 Å². The van der Waals surface area contributed by atoms with E-state index in [1.165, 1.54) is 6.20 Å². The fraction of sp³-hybridized carbons (Fsp3) is 0.250. The van der Waals surface area contributed by atoms with E-state index >= 15 is 0 Å². The molecule has 1 heterocycles. The van der Waals surface area contributed by atoms with Gasteiger partial charge < -0.3 is 10.1 Å². The predicted octanol–water partition coefficient (Wildman–Crippen LogP) is 2.07. The summed E-state index contributed by atoms with van der Waals surface area (Å²) in [5.41, 5.74) is 2.70. The van der Waals surface area contributed by atoms with Crippen molar-refractivity contribution in [1.29, 1.82) is 0 Å². The van der Waals surface area contributed by atoms with Crippen molar-refractivity contribution in [2.75, 3.05) is 13.7 Å². The lowest BCUT2D eigenvalue weighted by Crippen LogP contribution is -2.30. The number of aryl methyl sites for hydroxylation is 1. The highest BCUT2D eigenvalue weighted by Crippen LogP contribution is 2.19. The minimum absolute atomic E-state index is 0.0613. The van der Waals surface area contributed by atoms with Crippen LogP contribution in [0, 0.1) is 6.92 Å². The minimum atomic E-state index is -0.155. The number of carbonyl (C=O) groups excluding carboxylic acids is 1. The summed E-state index contributed by atoms with van der Waals surface area (Å²) in [5, 5.41) is 7.53. The molecule has 0 aliphatic carbocycles.